The third-order valence-electron chi connectivity index (χ3n) is 2.52. The molecule has 1 aromatic carbocycles. The minimum absolute atomic E-state index is 0.0217. The van der Waals surface area contributed by atoms with Crippen LogP contribution in [0.15, 0.2) is 24.3 Å². The highest BCUT2D eigenvalue weighted by Crippen LogP contribution is 2.13. The van der Waals surface area contributed by atoms with Gasteiger partial charge in [-0.2, -0.15) is 0 Å². The maximum atomic E-state index is 11.8. The second-order valence-electron chi connectivity index (χ2n) is 4.46. The van der Waals surface area contributed by atoms with Crippen LogP contribution in [0.1, 0.15) is 19.4 Å². The zero-order valence-corrected chi connectivity index (χ0v) is 11.5. The highest BCUT2D eigenvalue weighted by Gasteiger charge is 2.10. The molecule has 0 unspecified atom stereocenters. The monoisotopic (exact) mass is 251 g/mol. The van der Waals surface area contributed by atoms with Crippen LogP contribution in [-0.2, 0) is 16.1 Å². The molecule has 0 spiro atoms. The van der Waals surface area contributed by atoms with Gasteiger partial charge >= 0.3 is 0 Å². The molecule has 18 heavy (non-hydrogen) atoms. The number of nitrogens with zero attached hydrogens (tertiary/aromatic N) is 1. The number of likely N-dealkylation sites (N-methyl/N-ethyl adjacent to an activating group) is 1. The molecule has 0 atom stereocenters. The van der Waals surface area contributed by atoms with Crippen LogP contribution < -0.4 is 4.74 Å². The first-order chi connectivity index (χ1) is 8.52. The molecule has 1 aromatic rings. The van der Waals surface area contributed by atoms with E-state index in [2.05, 4.69) is 0 Å². The average Bonchev–Trinajstić information content (AvgIpc) is 2.36. The molecule has 0 N–H and O–H groups in total. The van der Waals surface area contributed by atoms with Gasteiger partial charge < -0.3 is 14.4 Å². The van der Waals surface area contributed by atoms with Gasteiger partial charge in [-0.25, -0.2) is 0 Å². The number of ether oxygens (including phenoxy) is 2. The molecular weight excluding hydrogens is 230 g/mol. The van der Waals surface area contributed by atoms with Crippen molar-refractivity contribution in [2.45, 2.75) is 26.5 Å². The molecule has 0 fully saturated rings. The topological polar surface area (TPSA) is 38.8 Å². The summed E-state index contributed by atoms with van der Waals surface area (Å²) in [6, 6.07) is 7.69. The Morgan fingerprint density at radius 1 is 1.39 bits per heavy atom. The minimum atomic E-state index is -0.0217. The van der Waals surface area contributed by atoms with Gasteiger partial charge in [0.15, 0.2) is 0 Å². The highest BCUT2D eigenvalue weighted by atomic mass is 16.5. The molecular formula is C14H21NO3. The second kappa shape index (κ2) is 7.01. The number of carbonyl (C=O) groups is 1. The molecule has 0 saturated heterocycles. The van der Waals surface area contributed by atoms with Gasteiger partial charge in [0, 0.05) is 13.6 Å². The molecule has 1 rings (SSSR count). The maximum absolute atomic E-state index is 11.8. The van der Waals surface area contributed by atoms with Crippen LogP contribution in [0, 0.1) is 0 Å². The van der Waals surface area contributed by atoms with E-state index in [0.29, 0.717) is 6.54 Å². The lowest BCUT2D eigenvalue weighted by atomic mass is 10.2. The second-order valence-corrected chi connectivity index (χ2v) is 4.46. The number of carbonyl (C=O) groups excluding carboxylic acids is 1. The molecule has 100 valence electrons. The molecule has 0 aliphatic rings. The van der Waals surface area contributed by atoms with Crippen molar-refractivity contribution in [2.75, 3.05) is 20.8 Å². The summed E-state index contributed by atoms with van der Waals surface area (Å²) in [5.41, 5.74) is 1.04. The normalized spacial score (nSPS) is 10.5. The van der Waals surface area contributed by atoms with Crippen molar-refractivity contribution >= 4 is 5.91 Å². The standard InChI is InChI=1S/C14H21NO3/c1-11(2)18-10-14(16)15(3)9-12-6-5-7-13(8-12)17-4/h5-8,11H,9-10H2,1-4H3. The molecule has 0 heterocycles. The van der Waals surface area contributed by atoms with Gasteiger partial charge in [-0.1, -0.05) is 12.1 Å². The molecule has 4 nitrogen and oxygen atoms in total. The Morgan fingerprint density at radius 3 is 2.72 bits per heavy atom. The molecule has 4 heteroatoms. The van der Waals surface area contributed by atoms with E-state index in [9.17, 15) is 4.79 Å². The first kappa shape index (κ1) is 14.5. The first-order valence-electron chi connectivity index (χ1n) is 6.01. The van der Waals surface area contributed by atoms with Gasteiger partial charge in [-0.3, -0.25) is 4.79 Å². The lowest BCUT2D eigenvalue weighted by Crippen LogP contribution is -2.30. The third-order valence-corrected chi connectivity index (χ3v) is 2.52. The zero-order valence-electron chi connectivity index (χ0n) is 11.5. The van der Waals surface area contributed by atoms with Crippen LogP contribution in [0.3, 0.4) is 0 Å². The summed E-state index contributed by atoms with van der Waals surface area (Å²) in [6.07, 6.45) is 0.0687. The van der Waals surface area contributed by atoms with E-state index in [1.165, 1.54) is 0 Å². The Kier molecular flexibility index (Phi) is 5.65. The van der Waals surface area contributed by atoms with Crippen molar-refractivity contribution in [3.05, 3.63) is 29.8 Å². The van der Waals surface area contributed by atoms with Crippen molar-refractivity contribution in [3.63, 3.8) is 0 Å². The Morgan fingerprint density at radius 2 is 2.11 bits per heavy atom. The van der Waals surface area contributed by atoms with Crippen molar-refractivity contribution in [1.82, 2.24) is 4.90 Å². The molecule has 1 amide bonds. The lowest BCUT2D eigenvalue weighted by molar-refractivity contribution is -0.136. The van der Waals surface area contributed by atoms with E-state index in [1.54, 1.807) is 19.1 Å². The number of benzene rings is 1. The van der Waals surface area contributed by atoms with Crippen LogP contribution in [0.5, 0.6) is 5.75 Å². The number of methoxy groups -OCH3 is 1. The van der Waals surface area contributed by atoms with Crippen LogP contribution >= 0.6 is 0 Å². The van der Waals surface area contributed by atoms with E-state index in [1.807, 2.05) is 38.1 Å². The van der Waals surface area contributed by atoms with Gasteiger partial charge in [0.05, 0.1) is 13.2 Å². The smallest absolute Gasteiger partial charge is 0.248 e. The Bertz CT molecular complexity index is 390. The van der Waals surface area contributed by atoms with E-state index < -0.39 is 0 Å². The van der Waals surface area contributed by atoms with E-state index in [-0.39, 0.29) is 18.6 Å². The maximum Gasteiger partial charge on any atom is 0.248 e. The Balaban J connectivity index is 2.52. The minimum Gasteiger partial charge on any atom is -0.497 e. The van der Waals surface area contributed by atoms with Gasteiger partial charge in [-0.15, -0.1) is 0 Å². The molecule has 0 aliphatic carbocycles. The molecule has 0 bridgehead atoms. The number of hydrogen-bond donors (Lipinski definition) is 0. The average molecular weight is 251 g/mol. The fourth-order valence-electron chi connectivity index (χ4n) is 1.48. The summed E-state index contributed by atoms with van der Waals surface area (Å²) in [7, 11) is 3.40. The van der Waals surface area contributed by atoms with E-state index in [0.717, 1.165) is 11.3 Å². The van der Waals surface area contributed by atoms with Gasteiger partial charge in [0.25, 0.3) is 0 Å². The fourth-order valence-corrected chi connectivity index (χ4v) is 1.48. The third kappa shape index (κ3) is 4.75. The molecule has 0 saturated carbocycles. The molecule has 0 aromatic heterocycles. The lowest BCUT2D eigenvalue weighted by Gasteiger charge is -2.18. The van der Waals surface area contributed by atoms with Crippen molar-refractivity contribution in [1.29, 1.82) is 0 Å². The van der Waals surface area contributed by atoms with Gasteiger partial charge in [0.1, 0.15) is 12.4 Å². The van der Waals surface area contributed by atoms with Crippen molar-refractivity contribution < 1.29 is 14.3 Å². The van der Waals surface area contributed by atoms with Crippen LogP contribution in [-0.4, -0.2) is 37.7 Å². The van der Waals surface area contributed by atoms with E-state index in [4.69, 9.17) is 9.47 Å². The fraction of sp³-hybridized carbons (Fsp3) is 0.500. The zero-order chi connectivity index (χ0) is 13.5. The van der Waals surface area contributed by atoms with Crippen LogP contribution in [0.25, 0.3) is 0 Å². The predicted octanol–water partition coefficient (Wildman–Crippen LogP) is 2.08. The molecule has 0 aliphatic heterocycles. The van der Waals surface area contributed by atoms with Crippen molar-refractivity contribution in [3.8, 4) is 5.75 Å². The summed E-state index contributed by atoms with van der Waals surface area (Å²) in [4.78, 5) is 13.4. The van der Waals surface area contributed by atoms with Gasteiger partial charge in [0.2, 0.25) is 5.91 Å². The van der Waals surface area contributed by atoms with Gasteiger partial charge in [-0.05, 0) is 31.5 Å². The summed E-state index contributed by atoms with van der Waals surface area (Å²) < 4.78 is 10.4. The summed E-state index contributed by atoms with van der Waals surface area (Å²) >= 11 is 0. The summed E-state index contributed by atoms with van der Waals surface area (Å²) in [5, 5.41) is 0. The van der Waals surface area contributed by atoms with E-state index >= 15 is 0 Å². The first-order valence-corrected chi connectivity index (χ1v) is 6.01. The number of hydrogen-bond acceptors (Lipinski definition) is 3. The van der Waals surface area contributed by atoms with Crippen molar-refractivity contribution in [2.24, 2.45) is 0 Å². The summed E-state index contributed by atoms with van der Waals surface area (Å²) in [5.74, 6) is 0.776. The predicted molar refractivity (Wildman–Crippen MR) is 70.6 cm³/mol. The number of rotatable bonds is 6. The van der Waals surface area contributed by atoms with Crippen LogP contribution in [0.4, 0.5) is 0 Å². The summed E-state index contributed by atoms with van der Waals surface area (Å²) in [6.45, 7) is 4.50. The number of amides is 1. The molecule has 0 radical (unpaired) electrons. The largest absolute Gasteiger partial charge is 0.497 e. The Hall–Kier alpha value is -1.55. The highest BCUT2D eigenvalue weighted by molar-refractivity contribution is 5.77. The van der Waals surface area contributed by atoms with Crippen LogP contribution in [0.2, 0.25) is 0 Å². The quantitative estimate of drug-likeness (QED) is 0.777. The SMILES string of the molecule is COc1cccc(CN(C)C(=O)COC(C)C)c1. The Labute approximate surface area is 108 Å².